The van der Waals surface area contributed by atoms with Gasteiger partial charge in [-0.25, -0.2) is 0 Å². The average molecular weight is 469 g/mol. The van der Waals surface area contributed by atoms with Crippen LogP contribution in [0.25, 0.3) is 0 Å². The normalized spacial score (nSPS) is 24.2. The third-order valence-corrected chi connectivity index (χ3v) is 4.25. The van der Waals surface area contributed by atoms with Crippen LogP contribution in [0.3, 0.4) is 0 Å². The Morgan fingerprint density at radius 2 is 1.36 bits per heavy atom. The lowest BCUT2D eigenvalue weighted by Gasteiger charge is -2.43. The van der Waals surface area contributed by atoms with Crippen molar-refractivity contribution < 1.29 is 52.5 Å². The lowest BCUT2D eigenvalue weighted by atomic mass is 9.98. The number of ether oxygens (including phenoxy) is 6. The highest BCUT2D eigenvalue weighted by Crippen LogP contribution is 2.31. The molecule has 0 N–H and O–H groups in total. The molecule has 1 aromatic carbocycles. The molecule has 1 aromatic rings. The minimum absolute atomic E-state index is 0.0986. The summed E-state index contributed by atoms with van der Waals surface area (Å²) in [5.74, 6) is -2.87. The molecule has 33 heavy (non-hydrogen) atoms. The van der Waals surface area contributed by atoms with Gasteiger partial charge in [0.2, 0.25) is 12.4 Å². The zero-order valence-electron chi connectivity index (χ0n) is 18.2. The van der Waals surface area contributed by atoms with Gasteiger partial charge in [-0.2, -0.15) is 0 Å². The fraction of sp³-hybridized carbons (Fsp3) is 0.500. The molecule has 1 saturated heterocycles. The maximum Gasteiger partial charge on any atom is 0.303 e. The number of benzene rings is 1. The van der Waals surface area contributed by atoms with E-state index in [1.54, 1.807) is 0 Å². The quantitative estimate of drug-likeness (QED) is 0.230. The Labute approximate surface area is 188 Å². The van der Waals surface area contributed by atoms with Crippen LogP contribution in [-0.4, -0.2) is 66.1 Å². The Balaban J connectivity index is 2.43. The van der Waals surface area contributed by atoms with Gasteiger partial charge in [0.15, 0.2) is 12.2 Å². The van der Waals surface area contributed by atoms with E-state index in [-0.39, 0.29) is 11.4 Å². The fourth-order valence-electron chi connectivity index (χ4n) is 3.06. The molecule has 0 amide bonds. The van der Waals surface area contributed by atoms with Gasteiger partial charge in [-0.05, 0) is 12.1 Å². The summed E-state index contributed by atoms with van der Waals surface area (Å²) in [5, 5.41) is 10.9. The second-order valence-electron chi connectivity index (χ2n) is 6.94. The predicted octanol–water partition coefficient (Wildman–Crippen LogP) is 1.06. The highest BCUT2D eigenvalue weighted by Gasteiger charge is 2.53. The molecule has 13 heteroatoms. The van der Waals surface area contributed by atoms with Crippen molar-refractivity contribution in [2.24, 2.45) is 0 Å². The molecule has 1 fully saturated rings. The maximum atomic E-state index is 11.8. The summed E-state index contributed by atoms with van der Waals surface area (Å²) in [7, 11) is 0. The Hall–Kier alpha value is -3.74. The Morgan fingerprint density at radius 3 is 1.85 bits per heavy atom. The fourth-order valence-corrected chi connectivity index (χ4v) is 3.06. The molecule has 0 unspecified atom stereocenters. The third-order valence-electron chi connectivity index (χ3n) is 4.25. The number of non-ortho nitro benzene ring substituents is 1. The molecule has 0 saturated carbocycles. The molecule has 0 bridgehead atoms. The molecule has 1 aliphatic heterocycles. The molecule has 2 rings (SSSR count). The van der Waals surface area contributed by atoms with E-state index < -0.39 is 66.1 Å². The van der Waals surface area contributed by atoms with Crippen LogP contribution in [-0.2, 0) is 42.9 Å². The van der Waals surface area contributed by atoms with Crippen molar-refractivity contribution in [2.75, 3.05) is 6.61 Å². The standard InChI is InChI=1S/C20H23NO12/c1-10(22)28-9-16-17(29-11(2)23)18(30-12(3)24)19(31-13(4)25)20(33-16)32-15-7-5-14(6-8-15)21(26)27/h5-8,16-20H,9H2,1-4H3/t16-,17+,18-,19-,20+/m0/s1. The summed E-state index contributed by atoms with van der Waals surface area (Å²) < 4.78 is 32.3. The van der Waals surface area contributed by atoms with Crippen molar-refractivity contribution in [2.45, 2.75) is 58.4 Å². The lowest BCUT2D eigenvalue weighted by Crippen LogP contribution is -2.63. The first-order valence-electron chi connectivity index (χ1n) is 9.69. The second kappa shape index (κ2) is 11.2. The number of hydrogen-bond donors (Lipinski definition) is 0. The zero-order valence-corrected chi connectivity index (χ0v) is 18.2. The minimum Gasteiger partial charge on any atom is -0.463 e. The first-order valence-corrected chi connectivity index (χ1v) is 9.69. The molecule has 0 spiro atoms. The summed E-state index contributed by atoms with van der Waals surface area (Å²) in [6, 6.07) is 4.93. The third kappa shape index (κ3) is 7.42. The molecule has 5 atom stereocenters. The van der Waals surface area contributed by atoms with Gasteiger partial charge in [-0.15, -0.1) is 0 Å². The highest BCUT2D eigenvalue weighted by atomic mass is 16.7. The van der Waals surface area contributed by atoms with Crippen LogP contribution in [0.2, 0.25) is 0 Å². The van der Waals surface area contributed by atoms with Gasteiger partial charge in [-0.1, -0.05) is 0 Å². The topological polar surface area (TPSA) is 167 Å². The summed E-state index contributed by atoms with van der Waals surface area (Å²) in [4.78, 5) is 56.8. The molecule has 1 aliphatic rings. The molecule has 1 heterocycles. The molecular weight excluding hydrogens is 446 g/mol. The number of nitro benzene ring substituents is 1. The van der Waals surface area contributed by atoms with Crippen LogP contribution in [0.15, 0.2) is 24.3 Å². The van der Waals surface area contributed by atoms with Crippen LogP contribution in [0.1, 0.15) is 27.7 Å². The van der Waals surface area contributed by atoms with E-state index in [1.165, 1.54) is 24.3 Å². The van der Waals surface area contributed by atoms with Crippen molar-refractivity contribution in [3.8, 4) is 5.75 Å². The SMILES string of the molecule is CC(=O)OC[C@@H]1O[C@@H](Oc2ccc([N+](=O)[O-])cc2)[C@@H](OC(C)=O)[C@@H](OC(C)=O)[C@@H]1OC(C)=O. The van der Waals surface area contributed by atoms with Gasteiger partial charge < -0.3 is 28.4 Å². The van der Waals surface area contributed by atoms with Gasteiger partial charge in [0.05, 0.1) is 4.92 Å². The van der Waals surface area contributed by atoms with Crippen molar-refractivity contribution in [1.82, 2.24) is 0 Å². The maximum absolute atomic E-state index is 11.8. The van der Waals surface area contributed by atoms with E-state index in [1.807, 2.05) is 0 Å². The second-order valence-corrected chi connectivity index (χ2v) is 6.94. The summed E-state index contributed by atoms with van der Waals surface area (Å²) in [6.45, 7) is 4.05. The van der Waals surface area contributed by atoms with Gasteiger partial charge in [0, 0.05) is 39.8 Å². The highest BCUT2D eigenvalue weighted by molar-refractivity contribution is 5.68. The molecule has 0 aliphatic carbocycles. The summed E-state index contributed by atoms with van der Waals surface area (Å²) in [5.41, 5.74) is -0.191. The average Bonchev–Trinajstić information content (AvgIpc) is 2.70. The minimum atomic E-state index is -1.42. The predicted molar refractivity (Wildman–Crippen MR) is 106 cm³/mol. The number of carbonyl (C=O) groups is 4. The molecule has 180 valence electrons. The van der Waals surface area contributed by atoms with E-state index in [0.717, 1.165) is 27.7 Å². The van der Waals surface area contributed by atoms with Crippen molar-refractivity contribution in [3.05, 3.63) is 34.4 Å². The van der Waals surface area contributed by atoms with E-state index in [0.29, 0.717) is 0 Å². The summed E-state index contributed by atoms with van der Waals surface area (Å²) >= 11 is 0. The zero-order chi connectivity index (χ0) is 24.7. The number of rotatable bonds is 8. The van der Waals surface area contributed by atoms with Gasteiger partial charge >= 0.3 is 23.9 Å². The Bertz CT molecular complexity index is 899. The lowest BCUT2D eigenvalue weighted by molar-refractivity contribution is -0.384. The van der Waals surface area contributed by atoms with Gasteiger partial charge in [0.1, 0.15) is 18.5 Å². The van der Waals surface area contributed by atoms with Crippen molar-refractivity contribution >= 4 is 29.6 Å². The molecular formula is C20H23NO12. The number of nitro groups is 1. The molecule has 13 nitrogen and oxygen atoms in total. The number of nitrogens with zero attached hydrogens (tertiary/aromatic N) is 1. The first-order chi connectivity index (χ1) is 15.5. The number of hydrogen-bond acceptors (Lipinski definition) is 12. The van der Waals surface area contributed by atoms with E-state index in [2.05, 4.69) is 0 Å². The van der Waals surface area contributed by atoms with Crippen LogP contribution in [0.4, 0.5) is 5.69 Å². The Morgan fingerprint density at radius 1 is 0.848 bits per heavy atom. The van der Waals surface area contributed by atoms with E-state index >= 15 is 0 Å². The van der Waals surface area contributed by atoms with Crippen molar-refractivity contribution in [3.63, 3.8) is 0 Å². The largest absolute Gasteiger partial charge is 0.463 e. The van der Waals surface area contributed by atoms with Crippen LogP contribution in [0.5, 0.6) is 5.75 Å². The molecule has 0 aromatic heterocycles. The van der Waals surface area contributed by atoms with Crippen molar-refractivity contribution in [1.29, 1.82) is 0 Å². The van der Waals surface area contributed by atoms with Gasteiger partial charge in [0.25, 0.3) is 5.69 Å². The van der Waals surface area contributed by atoms with Crippen LogP contribution < -0.4 is 4.74 Å². The van der Waals surface area contributed by atoms with E-state index in [4.69, 9.17) is 28.4 Å². The smallest absolute Gasteiger partial charge is 0.303 e. The Kier molecular flexibility index (Phi) is 8.68. The molecule has 0 radical (unpaired) electrons. The first kappa shape index (κ1) is 25.5. The van der Waals surface area contributed by atoms with Crippen LogP contribution >= 0.6 is 0 Å². The number of esters is 4. The number of carbonyl (C=O) groups excluding carboxylic acids is 4. The monoisotopic (exact) mass is 469 g/mol. The summed E-state index contributed by atoms with van der Waals surface area (Å²) in [6.07, 6.45) is -6.69. The van der Waals surface area contributed by atoms with Crippen LogP contribution in [0, 0.1) is 10.1 Å². The van der Waals surface area contributed by atoms with E-state index in [9.17, 15) is 29.3 Å². The van der Waals surface area contributed by atoms with Gasteiger partial charge in [-0.3, -0.25) is 29.3 Å².